The number of nitrogens with zero attached hydrogens (tertiary/aromatic N) is 2. The first-order chi connectivity index (χ1) is 9.33. The molecule has 0 bridgehead atoms. The summed E-state index contributed by atoms with van der Waals surface area (Å²) in [7, 11) is 0. The van der Waals surface area contributed by atoms with Crippen molar-refractivity contribution in [2.45, 2.75) is 25.7 Å². The summed E-state index contributed by atoms with van der Waals surface area (Å²) in [5.41, 5.74) is 9.83. The molecule has 1 aliphatic carbocycles. The van der Waals surface area contributed by atoms with Gasteiger partial charge >= 0.3 is 0 Å². The molecule has 0 spiro atoms. The number of thiophene rings is 1. The van der Waals surface area contributed by atoms with Gasteiger partial charge in [-0.2, -0.15) is 0 Å². The third-order valence-electron chi connectivity index (χ3n) is 3.58. The van der Waals surface area contributed by atoms with Crippen molar-refractivity contribution in [3.63, 3.8) is 0 Å². The number of nitrogens with two attached hydrogens (primary N) is 1. The van der Waals surface area contributed by atoms with E-state index in [1.807, 2.05) is 18.3 Å². The molecule has 19 heavy (non-hydrogen) atoms. The van der Waals surface area contributed by atoms with Crippen molar-refractivity contribution in [1.82, 2.24) is 9.97 Å². The van der Waals surface area contributed by atoms with Crippen LogP contribution in [0, 0.1) is 0 Å². The van der Waals surface area contributed by atoms with Crippen molar-refractivity contribution >= 4 is 38.0 Å². The van der Waals surface area contributed by atoms with Crippen LogP contribution in [0.25, 0.3) is 20.9 Å². The van der Waals surface area contributed by atoms with Gasteiger partial charge in [-0.1, -0.05) is 11.3 Å². The maximum atomic E-state index is 6.24. The molecule has 3 aromatic rings. The third kappa shape index (κ3) is 1.76. The second kappa shape index (κ2) is 4.28. The van der Waals surface area contributed by atoms with E-state index in [-0.39, 0.29) is 0 Å². The Morgan fingerprint density at radius 2 is 2.05 bits per heavy atom. The standard InChI is InChI=1S/C14H13N3S2/c15-12-11(8-4-1-2-6-10(8)18-12)14-17-9-5-3-7-16-13(9)19-14/h3,5,7H,1-2,4,6,15H2. The Balaban J connectivity index is 1.94. The van der Waals surface area contributed by atoms with Crippen molar-refractivity contribution in [3.05, 3.63) is 28.8 Å². The van der Waals surface area contributed by atoms with Crippen LogP contribution in [-0.2, 0) is 12.8 Å². The van der Waals surface area contributed by atoms with Crippen molar-refractivity contribution in [2.24, 2.45) is 0 Å². The molecule has 5 heteroatoms. The summed E-state index contributed by atoms with van der Waals surface area (Å²) in [6.07, 6.45) is 6.68. The zero-order chi connectivity index (χ0) is 12.8. The number of hydrogen-bond donors (Lipinski definition) is 1. The summed E-state index contributed by atoms with van der Waals surface area (Å²) in [6, 6.07) is 3.94. The third-order valence-corrected chi connectivity index (χ3v) is 5.70. The van der Waals surface area contributed by atoms with Crippen molar-refractivity contribution in [2.75, 3.05) is 5.73 Å². The predicted molar refractivity (Wildman–Crippen MR) is 81.8 cm³/mol. The number of aryl methyl sites for hydroxylation is 1. The second-order valence-electron chi connectivity index (χ2n) is 4.80. The number of anilines is 1. The van der Waals surface area contributed by atoms with Gasteiger partial charge in [0.25, 0.3) is 0 Å². The molecule has 0 unspecified atom stereocenters. The minimum Gasteiger partial charge on any atom is -0.390 e. The minimum absolute atomic E-state index is 0.922. The lowest BCUT2D eigenvalue weighted by Crippen LogP contribution is -1.99. The Kier molecular flexibility index (Phi) is 2.56. The molecule has 0 aliphatic heterocycles. The highest BCUT2D eigenvalue weighted by Crippen LogP contribution is 2.44. The monoisotopic (exact) mass is 287 g/mol. The predicted octanol–water partition coefficient (Wildman–Crippen LogP) is 3.88. The fraction of sp³-hybridized carbons (Fsp3) is 0.286. The summed E-state index contributed by atoms with van der Waals surface area (Å²) >= 11 is 3.39. The summed E-state index contributed by atoms with van der Waals surface area (Å²) < 4.78 is 0. The SMILES string of the molecule is Nc1sc2c(c1-c1nc3cccnc3s1)CCCC2. The van der Waals surface area contributed by atoms with E-state index in [9.17, 15) is 0 Å². The first-order valence-corrected chi connectivity index (χ1v) is 8.08. The summed E-state index contributed by atoms with van der Waals surface area (Å²) in [5, 5.41) is 1.96. The number of rotatable bonds is 1. The molecule has 3 aromatic heterocycles. The van der Waals surface area contributed by atoms with E-state index in [0.29, 0.717) is 0 Å². The van der Waals surface area contributed by atoms with E-state index >= 15 is 0 Å². The van der Waals surface area contributed by atoms with Crippen LogP contribution in [0.3, 0.4) is 0 Å². The number of pyridine rings is 1. The molecule has 2 N–H and O–H groups in total. The molecule has 1 aliphatic rings. The Morgan fingerprint density at radius 1 is 1.16 bits per heavy atom. The molecule has 0 radical (unpaired) electrons. The number of nitrogen functional groups attached to an aromatic ring is 1. The van der Waals surface area contributed by atoms with E-state index in [1.165, 1.54) is 35.3 Å². The Bertz CT molecular complexity index is 724. The molecule has 4 rings (SSSR count). The minimum atomic E-state index is 0.922. The first kappa shape index (κ1) is 11.4. The molecular formula is C14H13N3S2. The number of fused-ring (bicyclic) bond motifs is 2. The number of aromatic nitrogens is 2. The van der Waals surface area contributed by atoms with E-state index in [0.717, 1.165) is 26.8 Å². The van der Waals surface area contributed by atoms with Crippen molar-refractivity contribution < 1.29 is 0 Å². The molecule has 0 saturated heterocycles. The van der Waals surface area contributed by atoms with E-state index in [1.54, 1.807) is 22.7 Å². The van der Waals surface area contributed by atoms with Crippen LogP contribution in [0.1, 0.15) is 23.3 Å². The quantitative estimate of drug-likeness (QED) is 0.739. The van der Waals surface area contributed by atoms with Gasteiger partial charge in [0.2, 0.25) is 0 Å². The second-order valence-corrected chi connectivity index (χ2v) is 6.91. The Hall–Kier alpha value is -1.46. The zero-order valence-corrected chi connectivity index (χ0v) is 12.0. The van der Waals surface area contributed by atoms with Crippen LogP contribution in [-0.4, -0.2) is 9.97 Å². The van der Waals surface area contributed by atoms with Crippen LogP contribution in [0.15, 0.2) is 18.3 Å². The lowest BCUT2D eigenvalue weighted by Gasteiger charge is -2.11. The molecule has 0 fully saturated rings. The molecular weight excluding hydrogens is 274 g/mol. The van der Waals surface area contributed by atoms with E-state index in [4.69, 9.17) is 10.7 Å². The maximum Gasteiger partial charge on any atom is 0.143 e. The average Bonchev–Trinajstić information content (AvgIpc) is 2.97. The lowest BCUT2D eigenvalue weighted by molar-refractivity contribution is 0.698. The number of hydrogen-bond acceptors (Lipinski definition) is 5. The van der Waals surface area contributed by atoms with Crippen molar-refractivity contribution in [3.8, 4) is 10.6 Å². The highest BCUT2D eigenvalue weighted by molar-refractivity contribution is 7.22. The van der Waals surface area contributed by atoms with E-state index in [2.05, 4.69) is 4.98 Å². The summed E-state index contributed by atoms with van der Waals surface area (Å²) in [6.45, 7) is 0. The molecule has 3 heterocycles. The molecule has 3 nitrogen and oxygen atoms in total. The zero-order valence-electron chi connectivity index (χ0n) is 10.3. The van der Waals surface area contributed by atoms with Gasteiger partial charge in [0, 0.05) is 16.6 Å². The average molecular weight is 287 g/mol. The van der Waals surface area contributed by atoms with Gasteiger partial charge in [0.05, 0.1) is 5.00 Å². The molecule has 0 atom stereocenters. The molecule has 0 saturated carbocycles. The Labute approximate surface area is 119 Å². The Morgan fingerprint density at radius 3 is 2.95 bits per heavy atom. The van der Waals surface area contributed by atoms with Gasteiger partial charge < -0.3 is 5.73 Å². The molecule has 96 valence electrons. The first-order valence-electron chi connectivity index (χ1n) is 6.45. The summed E-state index contributed by atoms with van der Waals surface area (Å²) in [4.78, 5) is 11.5. The smallest absolute Gasteiger partial charge is 0.143 e. The van der Waals surface area contributed by atoms with Gasteiger partial charge in [-0.05, 0) is 43.4 Å². The van der Waals surface area contributed by atoms with Gasteiger partial charge in [-0.25, -0.2) is 9.97 Å². The van der Waals surface area contributed by atoms with Crippen LogP contribution in [0.4, 0.5) is 5.00 Å². The van der Waals surface area contributed by atoms with Gasteiger partial charge in [-0.3, -0.25) is 0 Å². The highest BCUT2D eigenvalue weighted by atomic mass is 32.1. The lowest BCUT2D eigenvalue weighted by atomic mass is 9.96. The van der Waals surface area contributed by atoms with Gasteiger partial charge in [0.1, 0.15) is 15.4 Å². The van der Waals surface area contributed by atoms with Crippen LogP contribution in [0.2, 0.25) is 0 Å². The van der Waals surface area contributed by atoms with Crippen molar-refractivity contribution in [1.29, 1.82) is 0 Å². The largest absolute Gasteiger partial charge is 0.390 e. The number of thiazole rings is 1. The van der Waals surface area contributed by atoms with Crippen LogP contribution < -0.4 is 5.73 Å². The van der Waals surface area contributed by atoms with Gasteiger partial charge in [0.15, 0.2) is 0 Å². The summed E-state index contributed by atoms with van der Waals surface area (Å²) in [5.74, 6) is 0. The normalized spacial score (nSPS) is 14.7. The maximum absolute atomic E-state index is 6.24. The topological polar surface area (TPSA) is 51.8 Å². The molecule has 0 amide bonds. The molecule has 0 aromatic carbocycles. The van der Waals surface area contributed by atoms with Crippen LogP contribution in [0.5, 0.6) is 0 Å². The fourth-order valence-corrected chi connectivity index (χ4v) is 4.92. The van der Waals surface area contributed by atoms with Crippen LogP contribution >= 0.6 is 22.7 Å². The van der Waals surface area contributed by atoms with E-state index < -0.39 is 0 Å². The fourth-order valence-electron chi connectivity index (χ4n) is 2.70. The van der Waals surface area contributed by atoms with Gasteiger partial charge in [-0.15, -0.1) is 11.3 Å². The highest BCUT2D eigenvalue weighted by Gasteiger charge is 2.22.